The van der Waals surface area contributed by atoms with E-state index in [1.165, 1.54) is 27.7 Å². The zero-order valence-electron chi connectivity index (χ0n) is 22.7. The first-order valence-corrected chi connectivity index (χ1v) is 16.2. The third-order valence-corrected chi connectivity index (χ3v) is 9.49. The van der Waals surface area contributed by atoms with E-state index in [0.717, 1.165) is 6.33 Å². The highest BCUT2D eigenvalue weighted by Crippen LogP contribution is 2.53. The molecule has 0 amide bonds. The van der Waals surface area contributed by atoms with Crippen LogP contribution in [0.25, 0.3) is 22.3 Å². The monoisotopic (exact) mass is 672 g/mol. The summed E-state index contributed by atoms with van der Waals surface area (Å²) in [5.41, 5.74) is 17.8. The highest BCUT2D eigenvalue weighted by molar-refractivity contribution is 7.47. The summed E-state index contributed by atoms with van der Waals surface area (Å²) >= 11 is 0. The Morgan fingerprint density at radius 3 is 2.22 bits per heavy atom. The fourth-order valence-electron chi connectivity index (χ4n) is 5.41. The first-order valence-electron chi connectivity index (χ1n) is 13.2. The molecule has 3 aliphatic heterocycles. The largest absolute Gasteiger partial charge is 0.472 e. The lowest BCUT2D eigenvalue weighted by molar-refractivity contribution is -0.0673. The fraction of sp³-hybridized carbons (Fsp3) is 0.476. The number of nitrogens with zero attached hydrogens (tertiary/aromatic N) is 6. The van der Waals surface area contributed by atoms with Gasteiger partial charge < -0.3 is 41.6 Å². The quantitative estimate of drug-likeness (QED) is 0.116. The standard InChI is InChI=1S/C21H26N10O12P2/c22-7-1-2-25-16-11(7)26-5-30(16)20-15-13(32)9(41-20)4-39-44(34,35)42-14-10(23)8(3-38-45(36,37)43-15)40-19(14)31-6-27-12-17(31)28-21(24)29-18(12)33/h1-2,5-6,8-10,13-15,19-20,32H,3-4,23H2,(H2,22,25)(H,34,35)(H,36,37)(H3,24,28,29,33)/t8-,9-,10-,13-,14-,15-,19-,20-/m1/s1. The van der Waals surface area contributed by atoms with E-state index in [2.05, 4.69) is 24.9 Å². The van der Waals surface area contributed by atoms with Crippen molar-refractivity contribution in [3.05, 3.63) is 35.3 Å². The molecule has 22 nitrogen and oxygen atoms in total. The van der Waals surface area contributed by atoms with Gasteiger partial charge in [-0.05, 0) is 6.07 Å². The van der Waals surface area contributed by atoms with Crippen LogP contribution in [0.15, 0.2) is 29.7 Å². The number of pyridine rings is 1. The Labute approximate surface area is 250 Å². The number of phosphoric ester groups is 2. The summed E-state index contributed by atoms with van der Waals surface area (Å²) in [6, 6.07) is 0.232. The number of ether oxygens (including phenoxy) is 2. The number of rotatable bonds is 2. The Hall–Kier alpha value is -3.37. The van der Waals surface area contributed by atoms with Gasteiger partial charge in [0.1, 0.15) is 36.0 Å². The van der Waals surface area contributed by atoms with E-state index in [4.69, 9.17) is 44.8 Å². The average molecular weight is 672 g/mol. The zero-order chi connectivity index (χ0) is 31.8. The number of nitrogens with two attached hydrogens (primary N) is 3. The normalized spacial score (nSPS) is 37.7. The molecule has 45 heavy (non-hydrogen) atoms. The number of anilines is 2. The summed E-state index contributed by atoms with van der Waals surface area (Å²) in [5.74, 6) is -0.253. The highest BCUT2D eigenvalue weighted by atomic mass is 31.2. The average Bonchev–Trinajstić information content (AvgIpc) is 3.72. The molecule has 10 N–H and O–H groups in total. The Kier molecular flexibility index (Phi) is 7.32. The van der Waals surface area contributed by atoms with Crippen molar-refractivity contribution in [3.63, 3.8) is 0 Å². The number of aromatic amines is 1. The first-order chi connectivity index (χ1) is 21.3. The van der Waals surface area contributed by atoms with Gasteiger partial charge in [-0.2, -0.15) is 4.98 Å². The Morgan fingerprint density at radius 1 is 0.889 bits per heavy atom. The lowest BCUT2D eigenvalue weighted by Gasteiger charge is -2.26. The minimum atomic E-state index is -5.01. The Balaban J connectivity index is 1.23. The molecule has 0 spiro atoms. The van der Waals surface area contributed by atoms with Crippen LogP contribution in [0.5, 0.6) is 0 Å². The van der Waals surface area contributed by atoms with Crippen molar-refractivity contribution >= 4 is 49.6 Å². The minimum Gasteiger partial charge on any atom is -0.397 e. The maximum atomic E-state index is 13.2. The lowest BCUT2D eigenvalue weighted by Crippen LogP contribution is -2.43. The van der Waals surface area contributed by atoms with E-state index in [1.54, 1.807) is 0 Å². The zero-order valence-corrected chi connectivity index (χ0v) is 24.5. The maximum Gasteiger partial charge on any atom is 0.472 e. The van der Waals surface area contributed by atoms with Crippen molar-refractivity contribution in [1.82, 2.24) is 34.1 Å². The number of aliphatic hydroxyl groups is 1. The summed E-state index contributed by atoms with van der Waals surface area (Å²) in [5, 5.41) is 11.1. The van der Waals surface area contributed by atoms with Gasteiger partial charge in [0.2, 0.25) is 5.95 Å². The maximum absolute atomic E-state index is 13.2. The number of nitrogen functional groups attached to an aromatic ring is 2. The molecule has 10 atom stereocenters. The Morgan fingerprint density at radius 2 is 1.49 bits per heavy atom. The number of phosphoric acid groups is 2. The van der Waals surface area contributed by atoms with Crippen LogP contribution in [0.1, 0.15) is 12.5 Å². The minimum absolute atomic E-state index is 0.0745. The molecule has 3 saturated heterocycles. The number of nitrogens with one attached hydrogen (secondary N) is 1. The van der Waals surface area contributed by atoms with E-state index >= 15 is 0 Å². The van der Waals surface area contributed by atoms with Crippen LogP contribution in [0.3, 0.4) is 0 Å². The van der Waals surface area contributed by atoms with Crippen molar-refractivity contribution < 1.29 is 51.6 Å². The number of aromatic nitrogens is 7. The predicted octanol–water partition coefficient (Wildman–Crippen LogP) is -1.77. The number of hydrogen-bond donors (Lipinski definition) is 7. The van der Waals surface area contributed by atoms with E-state index in [0.29, 0.717) is 0 Å². The SMILES string of the molecule is Nc1nc2c(ncn2[C@@H]2O[C@@H]3COP(=O)(O)O[C@@H]4[C@H](O)[C@@H](COP(=O)(O)O[C@@H]2[C@@H]3N)O[C@H]4n2cnc3c(N)ccnc32)c(=O)[nH]1. The first kappa shape index (κ1) is 30.3. The Bertz CT molecular complexity index is 1940. The predicted molar refractivity (Wildman–Crippen MR) is 148 cm³/mol. The molecule has 242 valence electrons. The number of hydrogen-bond acceptors (Lipinski definition) is 17. The lowest BCUT2D eigenvalue weighted by atomic mass is 10.1. The van der Waals surface area contributed by atoms with Gasteiger partial charge in [0.05, 0.1) is 37.6 Å². The van der Waals surface area contributed by atoms with E-state index in [9.17, 15) is 28.8 Å². The molecule has 0 aliphatic carbocycles. The van der Waals surface area contributed by atoms with Gasteiger partial charge >= 0.3 is 15.6 Å². The molecule has 4 bridgehead atoms. The summed E-state index contributed by atoms with van der Waals surface area (Å²) in [6.07, 6.45) is -6.39. The van der Waals surface area contributed by atoms with E-state index < -0.39 is 83.4 Å². The van der Waals surface area contributed by atoms with Crippen molar-refractivity contribution in [2.24, 2.45) is 5.73 Å². The summed E-state index contributed by atoms with van der Waals surface area (Å²) in [7, 11) is -10.0. The van der Waals surface area contributed by atoms with Crippen LogP contribution in [-0.4, -0.2) is 98.7 Å². The van der Waals surface area contributed by atoms with Crippen molar-refractivity contribution in [3.8, 4) is 0 Å². The topological polar surface area (TPSA) is 323 Å². The van der Waals surface area contributed by atoms with Crippen LogP contribution >= 0.6 is 15.6 Å². The summed E-state index contributed by atoms with van der Waals surface area (Å²) in [6.45, 7) is -1.46. The van der Waals surface area contributed by atoms with Gasteiger partial charge in [-0.3, -0.25) is 37.0 Å². The molecule has 3 fully saturated rings. The molecular weight excluding hydrogens is 646 g/mol. The van der Waals surface area contributed by atoms with Crippen LogP contribution in [0.4, 0.5) is 11.6 Å². The molecule has 3 aliphatic rings. The van der Waals surface area contributed by atoms with Crippen molar-refractivity contribution in [2.45, 2.75) is 49.0 Å². The second kappa shape index (κ2) is 10.9. The molecule has 2 unspecified atom stereocenters. The van der Waals surface area contributed by atoms with Gasteiger partial charge in [0, 0.05) is 6.20 Å². The van der Waals surface area contributed by atoms with Crippen LogP contribution < -0.4 is 22.8 Å². The third kappa shape index (κ3) is 5.33. The van der Waals surface area contributed by atoms with Crippen molar-refractivity contribution in [1.29, 1.82) is 0 Å². The van der Waals surface area contributed by atoms with Gasteiger partial charge in [-0.25, -0.2) is 24.1 Å². The fourth-order valence-corrected chi connectivity index (χ4v) is 7.29. The molecule has 4 aromatic heterocycles. The van der Waals surface area contributed by atoms with Crippen LogP contribution in [0.2, 0.25) is 0 Å². The number of fused-ring (bicyclic) bond motifs is 6. The smallest absolute Gasteiger partial charge is 0.397 e. The van der Waals surface area contributed by atoms with Gasteiger partial charge in [-0.1, -0.05) is 0 Å². The number of imidazole rings is 2. The van der Waals surface area contributed by atoms with Gasteiger partial charge in [0.25, 0.3) is 5.56 Å². The molecule has 4 aromatic rings. The molecule has 7 rings (SSSR count). The molecular formula is C21H26N10O12P2. The molecule has 7 heterocycles. The molecule has 24 heteroatoms. The molecule has 0 aromatic carbocycles. The molecule has 0 saturated carbocycles. The van der Waals surface area contributed by atoms with Gasteiger partial charge in [-0.15, -0.1) is 0 Å². The second-order valence-corrected chi connectivity index (χ2v) is 13.2. The van der Waals surface area contributed by atoms with Crippen molar-refractivity contribution in [2.75, 3.05) is 24.7 Å². The highest BCUT2D eigenvalue weighted by Gasteiger charge is 2.53. The summed E-state index contributed by atoms with van der Waals surface area (Å²) < 4.78 is 61.9. The number of H-pyrrole nitrogens is 1. The van der Waals surface area contributed by atoms with Gasteiger partial charge in [0.15, 0.2) is 29.3 Å². The van der Waals surface area contributed by atoms with Crippen LogP contribution in [0, 0.1) is 0 Å². The third-order valence-electron chi connectivity index (χ3n) is 7.52. The van der Waals surface area contributed by atoms with Crippen LogP contribution in [-0.2, 0) is 36.7 Å². The summed E-state index contributed by atoms with van der Waals surface area (Å²) in [4.78, 5) is 52.5. The number of aliphatic hydroxyl groups excluding tert-OH is 1. The second-order valence-electron chi connectivity index (χ2n) is 10.4. The van der Waals surface area contributed by atoms with E-state index in [-0.39, 0.29) is 34.0 Å². The molecule has 0 radical (unpaired) electrons. The van der Waals surface area contributed by atoms with E-state index in [1.807, 2.05) is 0 Å².